The quantitative estimate of drug-likeness (QED) is 0.299. The van der Waals surface area contributed by atoms with E-state index in [1.807, 2.05) is 0 Å². The minimum absolute atomic E-state index is 0.0819. The number of hydrogen-bond donors (Lipinski definition) is 1. The van der Waals surface area contributed by atoms with Gasteiger partial charge in [-0.1, -0.05) is 18.2 Å². The van der Waals surface area contributed by atoms with Crippen LogP contribution in [0.5, 0.6) is 0 Å². The molecule has 7 heteroatoms. The topological polar surface area (TPSA) is 80.5 Å². The molecule has 1 aliphatic rings. The zero-order valence-corrected chi connectivity index (χ0v) is 10.7. The molecule has 0 saturated carbocycles. The lowest BCUT2D eigenvalue weighted by atomic mass is 10.1. The summed E-state index contributed by atoms with van der Waals surface area (Å²) in [7, 11) is 0. The summed E-state index contributed by atoms with van der Waals surface area (Å²) in [6.45, 7) is 0.0874. The summed E-state index contributed by atoms with van der Waals surface area (Å²) in [4.78, 5) is 35.3. The van der Waals surface area contributed by atoms with Crippen molar-refractivity contribution in [3.8, 4) is 0 Å². The summed E-state index contributed by atoms with van der Waals surface area (Å²) in [6.07, 6.45) is 3.32. The van der Waals surface area contributed by atoms with E-state index in [2.05, 4.69) is 12.6 Å². The first-order valence-corrected chi connectivity index (χ1v) is 6.10. The van der Waals surface area contributed by atoms with Crippen molar-refractivity contribution in [2.45, 2.75) is 0 Å². The number of benzene rings is 1. The van der Waals surface area contributed by atoms with Crippen LogP contribution < -0.4 is 0 Å². The van der Waals surface area contributed by atoms with Crippen molar-refractivity contribution in [2.24, 2.45) is 0 Å². The van der Waals surface area contributed by atoms with Gasteiger partial charge in [-0.15, -0.1) is 0 Å². The fourth-order valence-corrected chi connectivity index (χ4v) is 2.04. The Bertz CT molecular complexity index is 597. The van der Waals surface area contributed by atoms with Gasteiger partial charge in [-0.05, 0) is 6.07 Å². The molecule has 0 N–H and O–H groups in total. The molecule has 19 heavy (non-hydrogen) atoms. The first-order valence-electron chi connectivity index (χ1n) is 5.47. The van der Waals surface area contributed by atoms with Gasteiger partial charge in [0.25, 0.3) is 17.5 Å². The molecular weight excluding hydrogens is 268 g/mol. The Morgan fingerprint density at radius 3 is 2.63 bits per heavy atom. The number of rotatable bonds is 4. The molecule has 2 rings (SSSR count). The third-order valence-electron chi connectivity index (χ3n) is 2.73. The first kappa shape index (κ1) is 13.3. The SMILES string of the molecule is O=C1c2cccc([N+](=O)[O-])c2C(=O)N1CC=CCS. The Kier molecular flexibility index (Phi) is 3.66. The standard InChI is InChI=1S/C12H10N2O4S/c15-11-8-4-3-5-9(14(17)18)10(8)12(16)13(11)6-1-2-7-19/h1-5,19H,6-7H2. The molecule has 0 aromatic heterocycles. The van der Waals surface area contributed by atoms with Gasteiger partial charge in [0.2, 0.25) is 0 Å². The van der Waals surface area contributed by atoms with E-state index in [1.54, 1.807) is 12.2 Å². The lowest BCUT2D eigenvalue weighted by molar-refractivity contribution is -0.385. The van der Waals surface area contributed by atoms with Crippen LogP contribution in [0.3, 0.4) is 0 Å². The molecule has 1 aromatic carbocycles. The molecule has 6 nitrogen and oxygen atoms in total. The molecular formula is C12H10N2O4S. The van der Waals surface area contributed by atoms with Gasteiger partial charge in [0.05, 0.1) is 10.5 Å². The highest BCUT2D eigenvalue weighted by Crippen LogP contribution is 2.30. The summed E-state index contributed by atoms with van der Waals surface area (Å²) in [6, 6.07) is 4.04. The van der Waals surface area contributed by atoms with Crippen molar-refractivity contribution in [1.82, 2.24) is 4.90 Å². The number of nitro benzene ring substituents is 1. The number of fused-ring (bicyclic) bond motifs is 1. The second-order valence-electron chi connectivity index (χ2n) is 3.83. The molecule has 1 aromatic rings. The fraction of sp³-hybridized carbons (Fsp3) is 0.167. The van der Waals surface area contributed by atoms with E-state index in [1.165, 1.54) is 18.2 Å². The molecule has 0 unspecified atom stereocenters. The van der Waals surface area contributed by atoms with E-state index in [4.69, 9.17) is 0 Å². The van der Waals surface area contributed by atoms with E-state index >= 15 is 0 Å². The number of carbonyl (C=O) groups excluding carboxylic acids is 2. The van der Waals surface area contributed by atoms with Crippen LogP contribution in [-0.4, -0.2) is 33.9 Å². The molecule has 1 heterocycles. The van der Waals surface area contributed by atoms with E-state index < -0.39 is 16.7 Å². The van der Waals surface area contributed by atoms with Crippen LogP contribution in [0.15, 0.2) is 30.4 Å². The van der Waals surface area contributed by atoms with Crippen LogP contribution in [0.2, 0.25) is 0 Å². The highest BCUT2D eigenvalue weighted by Gasteiger charge is 2.40. The van der Waals surface area contributed by atoms with Crippen molar-refractivity contribution in [3.63, 3.8) is 0 Å². The minimum atomic E-state index is -0.656. The molecule has 0 bridgehead atoms. The first-order chi connectivity index (χ1) is 9.07. The number of imide groups is 1. The van der Waals surface area contributed by atoms with Gasteiger partial charge in [0.15, 0.2) is 0 Å². The Morgan fingerprint density at radius 1 is 1.26 bits per heavy atom. The Labute approximate surface area is 114 Å². The zero-order valence-electron chi connectivity index (χ0n) is 9.78. The predicted octanol–water partition coefficient (Wildman–Crippen LogP) is 1.68. The van der Waals surface area contributed by atoms with Crippen molar-refractivity contribution in [1.29, 1.82) is 0 Å². The molecule has 0 aliphatic carbocycles. The molecule has 98 valence electrons. The Balaban J connectivity index is 2.41. The van der Waals surface area contributed by atoms with Gasteiger partial charge in [0.1, 0.15) is 5.56 Å². The van der Waals surface area contributed by atoms with Gasteiger partial charge >= 0.3 is 0 Å². The number of nitrogens with zero attached hydrogens (tertiary/aromatic N) is 2. The monoisotopic (exact) mass is 278 g/mol. The van der Waals surface area contributed by atoms with Crippen LogP contribution in [0, 0.1) is 10.1 Å². The molecule has 0 radical (unpaired) electrons. The van der Waals surface area contributed by atoms with E-state index in [0.717, 1.165) is 4.90 Å². The average Bonchev–Trinajstić information content (AvgIpc) is 2.64. The van der Waals surface area contributed by atoms with Crippen LogP contribution in [0.1, 0.15) is 20.7 Å². The van der Waals surface area contributed by atoms with Crippen molar-refractivity contribution >= 4 is 30.1 Å². The van der Waals surface area contributed by atoms with Gasteiger partial charge in [-0.3, -0.25) is 24.6 Å². The van der Waals surface area contributed by atoms with Crippen molar-refractivity contribution in [2.75, 3.05) is 12.3 Å². The normalized spacial score (nSPS) is 14.3. The third-order valence-corrected chi connectivity index (χ3v) is 2.94. The number of amides is 2. The van der Waals surface area contributed by atoms with Crippen LogP contribution in [0.4, 0.5) is 5.69 Å². The molecule has 0 fully saturated rings. The smallest absolute Gasteiger partial charge is 0.270 e. The van der Waals surface area contributed by atoms with E-state index in [0.29, 0.717) is 5.75 Å². The van der Waals surface area contributed by atoms with E-state index in [9.17, 15) is 19.7 Å². The van der Waals surface area contributed by atoms with Crippen LogP contribution >= 0.6 is 12.6 Å². The van der Waals surface area contributed by atoms with Crippen molar-refractivity contribution in [3.05, 3.63) is 51.6 Å². The average molecular weight is 278 g/mol. The lowest BCUT2D eigenvalue weighted by Gasteiger charge is -2.09. The lowest BCUT2D eigenvalue weighted by Crippen LogP contribution is -2.29. The molecule has 0 saturated heterocycles. The summed E-state index contributed by atoms with van der Waals surface area (Å²) in [5, 5.41) is 10.9. The van der Waals surface area contributed by atoms with Gasteiger partial charge in [-0.2, -0.15) is 12.6 Å². The Morgan fingerprint density at radius 2 is 2.00 bits per heavy atom. The van der Waals surface area contributed by atoms with Crippen LogP contribution in [-0.2, 0) is 0 Å². The zero-order chi connectivity index (χ0) is 14.0. The van der Waals surface area contributed by atoms with Gasteiger partial charge in [0, 0.05) is 18.4 Å². The second-order valence-corrected chi connectivity index (χ2v) is 4.20. The Hall–Kier alpha value is -2.15. The molecule has 0 atom stereocenters. The summed E-state index contributed by atoms with van der Waals surface area (Å²) < 4.78 is 0. The number of carbonyl (C=O) groups is 2. The molecule has 1 aliphatic heterocycles. The number of nitro groups is 1. The minimum Gasteiger partial charge on any atom is -0.270 e. The summed E-state index contributed by atoms with van der Waals surface area (Å²) in [5.41, 5.74) is -0.383. The van der Waals surface area contributed by atoms with E-state index in [-0.39, 0.29) is 23.4 Å². The summed E-state index contributed by atoms with van der Waals surface area (Å²) in [5.74, 6) is -0.646. The second kappa shape index (κ2) is 5.23. The summed E-state index contributed by atoms with van der Waals surface area (Å²) >= 11 is 3.97. The van der Waals surface area contributed by atoms with Gasteiger partial charge in [-0.25, -0.2) is 0 Å². The third kappa shape index (κ3) is 2.24. The van der Waals surface area contributed by atoms with Crippen molar-refractivity contribution < 1.29 is 14.5 Å². The molecule has 0 spiro atoms. The van der Waals surface area contributed by atoms with Gasteiger partial charge < -0.3 is 0 Å². The maximum atomic E-state index is 12.1. The largest absolute Gasteiger partial charge is 0.282 e. The number of thiol groups is 1. The fourth-order valence-electron chi connectivity index (χ4n) is 1.89. The highest BCUT2D eigenvalue weighted by molar-refractivity contribution is 7.80. The number of hydrogen-bond acceptors (Lipinski definition) is 5. The maximum Gasteiger partial charge on any atom is 0.282 e. The predicted molar refractivity (Wildman–Crippen MR) is 71.5 cm³/mol. The highest BCUT2D eigenvalue weighted by atomic mass is 32.1. The molecule has 2 amide bonds. The maximum absolute atomic E-state index is 12.1. The van der Waals surface area contributed by atoms with Crippen LogP contribution in [0.25, 0.3) is 0 Å².